The molecule has 0 aliphatic carbocycles. The number of aromatic nitrogens is 1. The molecule has 0 radical (unpaired) electrons. The maximum Gasteiger partial charge on any atom is 0.309 e. The van der Waals surface area contributed by atoms with Gasteiger partial charge in [-0.2, -0.15) is 0 Å². The number of hydrogen-bond donors (Lipinski definition) is 0. The fraction of sp³-hybridized carbons (Fsp3) is 0.375. The fourth-order valence-electron chi connectivity index (χ4n) is 2.42. The van der Waals surface area contributed by atoms with Crippen molar-refractivity contribution in [2.75, 3.05) is 20.7 Å². The Morgan fingerprint density at radius 3 is 2.90 bits per heavy atom. The minimum Gasteiger partial charge on any atom is -0.469 e. The monoisotopic (exact) mass is 290 g/mol. The van der Waals surface area contributed by atoms with Crippen molar-refractivity contribution in [2.45, 2.75) is 13.5 Å². The largest absolute Gasteiger partial charge is 0.469 e. The number of rotatable bonds is 5. The summed E-state index contributed by atoms with van der Waals surface area (Å²) in [5, 5.41) is 0.518. The van der Waals surface area contributed by atoms with E-state index in [0.29, 0.717) is 24.0 Å². The van der Waals surface area contributed by atoms with E-state index in [1.165, 1.54) is 13.2 Å². The summed E-state index contributed by atoms with van der Waals surface area (Å²) < 4.78 is 18.5. The van der Waals surface area contributed by atoms with Crippen LogP contribution < -0.4 is 0 Å². The van der Waals surface area contributed by atoms with Crippen LogP contribution in [0.5, 0.6) is 0 Å². The Kier molecular flexibility index (Phi) is 4.85. The zero-order valence-electron chi connectivity index (χ0n) is 12.5. The van der Waals surface area contributed by atoms with Crippen LogP contribution in [-0.4, -0.2) is 36.6 Å². The Morgan fingerprint density at radius 2 is 2.19 bits per heavy atom. The molecule has 0 saturated carbocycles. The molecule has 0 N–H and O–H groups in total. The smallest absolute Gasteiger partial charge is 0.309 e. The summed E-state index contributed by atoms with van der Waals surface area (Å²) in [7, 11) is 3.30. The van der Waals surface area contributed by atoms with Crippen molar-refractivity contribution < 1.29 is 13.9 Å². The molecule has 1 aromatic heterocycles. The number of hydrogen-bond acceptors (Lipinski definition) is 4. The molecule has 2 rings (SSSR count). The van der Waals surface area contributed by atoms with Gasteiger partial charge in [0.1, 0.15) is 5.82 Å². The summed E-state index contributed by atoms with van der Waals surface area (Å²) in [4.78, 5) is 17.7. The van der Waals surface area contributed by atoms with Crippen LogP contribution in [0, 0.1) is 11.7 Å². The lowest BCUT2D eigenvalue weighted by Crippen LogP contribution is -2.29. The van der Waals surface area contributed by atoms with Crippen molar-refractivity contribution in [1.82, 2.24) is 9.88 Å². The number of carbonyl (C=O) groups is 1. The van der Waals surface area contributed by atoms with E-state index in [-0.39, 0.29) is 17.7 Å². The molecule has 0 spiro atoms. The van der Waals surface area contributed by atoms with E-state index in [9.17, 15) is 9.18 Å². The summed E-state index contributed by atoms with van der Waals surface area (Å²) in [5.74, 6) is -0.712. The lowest BCUT2D eigenvalue weighted by atomic mass is 10.1. The van der Waals surface area contributed by atoms with E-state index in [0.717, 1.165) is 5.56 Å². The summed E-state index contributed by atoms with van der Waals surface area (Å²) in [6, 6.07) is 6.64. The molecule has 0 amide bonds. The number of carbonyl (C=O) groups excluding carboxylic acids is 1. The van der Waals surface area contributed by atoms with E-state index < -0.39 is 0 Å². The van der Waals surface area contributed by atoms with Gasteiger partial charge in [-0.25, -0.2) is 4.39 Å². The number of methoxy groups -OCH3 is 1. The van der Waals surface area contributed by atoms with E-state index in [2.05, 4.69) is 4.98 Å². The quantitative estimate of drug-likeness (QED) is 0.794. The van der Waals surface area contributed by atoms with Gasteiger partial charge in [0.15, 0.2) is 0 Å². The SMILES string of the molecule is COC(=O)C(C)CN(C)Cc1ccc(F)c2cccnc12. The number of benzene rings is 1. The third-order valence-corrected chi connectivity index (χ3v) is 3.43. The highest BCUT2D eigenvalue weighted by Crippen LogP contribution is 2.21. The van der Waals surface area contributed by atoms with Crippen LogP contribution in [0.15, 0.2) is 30.5 Å². The van der Waals surface area contributed by atoms with Crippen molar-refractivity contribution >= 4 is 16.9 Å². The van der Waals surface area contributed by atoms with E-state index >= 15 is 0 Å². The summed E-state index contributed by atoms with van der Waals surface area (Å²) >= 11 is 0. The van der Waals surface area contributed by atoms with Crippen molar-refractivity contribution in [3.8, 4) is 0 Å². The first kappa shape index (κ1) is 15.4. The van der Waals surface area contributed by atoms with Gasteiger partial charge in [0.25, 0.3) is 0 Å². The lowest BCUT2D eigenvalue weighted by molar-refractivity contribution is -0.145. The van der Waals surface area contributed by atoms with Crippen molar-refractivity contribution in [3.05, 3.63) is 41.8 Å². The number of pyridine rings is 1. The highest BCUT2D eigenvalue weighted by molar-refractivity contribution is 5.82. The molecular formula is C16H19FN2O2. The summed E-state index contributed by atoms with van der Waals surface area (Å²) in [6.45, 7) is 2.98. The number of nitrogens with zero attached hydrogens (tertiary/aromatic N) is 2. The molecule has 0 aliphatic rings. The van der Waals surface area contributed by atoms with Gasteiger partial charge < -0.3 is 9.64 Å². The van der Waals surface area contributed by atoms with Gasteiger partial charge in [-0.3, -0.25) is 9.78 Å². The van der Waals surface area contributed by atoms with Crippen molar-refractivity contribution in [3.63, 3.8) is 0 Å². The Labute approximate surface area is 123 Å². The molecule has 112 valence electrons. The Balaban J connectivity index is 2.16. The second kappa shape index (κ2) is 6.63. The van der Waals surface area contributed by atoms with Gasteiger partial charge in [-0.05, 0) is 30.8 Å². The number of esters is 1. The Bertz CT molecular complexity index is 645. The second-order valence-electron chi connectivity index (χ2n) is 5.23. The third-order valence-electron chi connectivity index (χ3n) is 3.43. The van der Waals surface area contributed by atoms with E-state index in [1.807, 2.05) is 18.9 Å². The molecule has 1 unspecified atom stereocenters. The predicted octanol–water partition coefficient (Wildman–Crippen LogP) is 2.61. The molecule has 0 saturated heterocycles. The van der Waals surface area contributed by atoms with Gasteiger partial charge in [-0.1, -0.05) is 13.0 Å². The van der Waals surface area contributed by atoms with Crippen LogP contribution in [0.25, 0.3) is 10.9 Å². The van der Waals surface area contributed by atoms with Crippen LogP contribution in [0.4, 0.5) is 4.39 Å². The molecule has 0 fully saturated rings. The van der Waals surface area contributed by atoms with Gasteiger partial charge in [-0.15, -0.1) is 0 Å². The van der Waals surface area contributed by atoms with Gasteiger partial charge in [0, 0.05) is 24.7 Å². The molecule has 1 aromatic carbocycles. The van der Waals surface area contributed by atoms with E-state index in [4.69, 9.17) is 4.74 Å². The van der Waals surface area contributed by atoms with E-state index in [1.54, 1.807) is 24.4 Å². The first-order chi connectivity index (χ1) is 10.0. The Morgan fingerprint density at radius 1 is 1.43 bits per heavy atom. The molecule has 1 atom stereocenters. The van der Waals surface area contributed by atoms with Crippen LogP contribution >= 0.6 is 0 Å². The molecule has 21 heavy (non-hydrogen) atoms. The molecule has 5 heteroatoms. The lowest BCUT2D eigenvalue weighted by Gasteiger charge is -2.20. The zero-order chi connectivity index (χ0) is 15.4. The average Bonchev–Trinajstić information content (AvgIpc) is 2.49. The molecule has 4 nitrogen and oxygen atoms in total. The minimum atomic E-state index is -0.271. The molecule has 1 heterocycles. The highest BCUT2D eigenvalue weighted by Gasteiger charge is 2.16. The van der Waals surface area contributed by atoms with Crippen LogP contribution in [0.3, 0.4) is 0 Å². The number of halogens is 1. The first-order valence-corrected chi connectivity index (χ1v) is 6.81. The molecule has 2 aromatic rings. The van der Waals surface area contributed by atoms with Crippen LogP contribution in [0.1, 0.15) is 12.5 Å². The second-order valence-corrected chi connectivity index (χ2v) is 5.23. The van der Waals surface area contributed by atoms with Crippen LogP contribution in [0.2, 0.25) is 0 Å². The van der Waals surface area contributed by atoms with Crippen molar-refractivity contribution in [2.24, 2.45) is 5.92 Å². The molecule has 0 aliphatic heterocycles. The van der Waals surface area contributed by atoms with Crippen molar-refractivity contribution in [1.29, 1.82) is 0 Å². The van der Waals surface area contributed by atoms with Gasteiger partial charge in [0.2, 0.25) is 0 Å². The minimum absolute atomic E-state index is 0.209. The first-order valence-electron chi connectivity index (χ1n) is 6.81. The fourth-order valence-corrected chi connectivity index (χ4v) is 2.42. The topological polar surface area (TPSA) is 42.4 Å². The number of fused-ring (bicyclic) bond motifs is 1. The maximum absolute atomic E-state index is 13.8. The Hall–Kier alpha value is -2.01. The maximum atomic E-state index is 13.8. The third kappa shape index (κ3) is 3.55. The highest BCUT2D eigenvalue weighted by atomic mass is 19.1. The molecular weight excluding hydrogens is 271 g/mol. The van der Waals surface area contributed by atoms with Gasteiger partial charge >= 0.3 is 5.97 Å². The summed E-state index contributed by atoms with van der Waals surface area (Å²) in [6.07, 6.45) is 1.66. The van der Waals surface area contributed by atoms with Gasteiger partial charge in [0.05, 0.1) is 18.5 Å². The normalized spacial score (nSPS) is 12.6. The van der Waals surface area contributed by atoms with Crippen LogP contribution in [-0.2, 0) is 16.1 Å². The zero-order valence-corrected chi connectivity index (χ0v) is 12.5. The predicted molar refractivity (Wildman–Crippen MR) is 79.2 cm³/mol. The number of ether oxygens (including phenoxy) is 1. The molecule has 0 bridgehead atoms. The summed E-state index contributed by atoms with van der Waals surface area (Å²) in [5.41, 5.74) is 1.60. The standard InChI is InChI=1S/C16H19FN2O2/c1-11(16(20)21-3)9-19(2)10-12-6-7-14(17)13-5-4-8-18-15(12)13/h4-8,11H,9-10H2,1-3H3. The average molecular weight is 290 g/mol.